The van der Waals surface area contributed by atoms with E-state index in [9.17, 15) is 4.39 Å². The van der Waals surface area contributed by atoms with Crippen LogP contribution in [0.25, 0.3) is 0 Å². The maximum atomic E-state index is 13.9. The summed E-state index contributed by atoms with van der Waals surface area (Å²) in [5.41, 5.74) is 8.17. The molecule has 1 aromatic carbocycles. The van der Waals surface area contributed by atoms with Crippen LogP contribution < -0.4 is 5.73 Å². The third-order valence-electron chi connectivity index (χ3n) is 4.23. The van der Waals surface area contributed by atoms with Gasteiger partial charge in [-0.25, -0.2) is 4.39 Å². The predicted molar refractivity (Wildman–Crippen MR) is 69.3 cm³/mol. The van der Waals surface area contributed by atoms with Gasteiger partial charge in [-0.15, -0.1) is 0 Å². The van der Waals surface area contributed by atoms with E-state index in [1.807, 2.05) is 13.0 Å². The molecule has 1 nitrogen and oxygen atoms in total. The number of hydrogen-bond acceptors (Lipinski definition) is 1. The Morgan fingerprint density at radius 2 is 1.88 bits per heavy atom. The Kier molecular flexibility index (Phi) is 3.53. The summed E-state index contributed by atoms with van der Waals surface area (Å²) in [6.45, 7) is 4.19. The molecule has 1 aliphatic rings. The number of nitrogens with two attached hydrogens (primary N) is 1. The number of benzene rings is 1. The summed E-state index contributed by atoms with van der Waals surface area (Å²) in [6.07, 6.45) is 5.96. The summed E-state index contributed by atoms with van der Waals surface area (Å²) in [6, 6.07) is 5.06. The third kappa shape index (κ3) is 2.52. The fourth-order valence-electron chi connectivity index (χ4n) is 2.95. The van der Waals surface area contributed by atoms with E-state index in [0.717, 1.165) is 18.4 Å². The van der Waals surface area contributed by atoms with Crippen LogP contribution in [0.5, 0.6) is 0 Å². The van der Waals surface area contributed by atoms with Crippen LogP contribution in [0.3, 0.4) is 0 Å². The highest BCUT2D eigenvalue weighted by molar-refractivity contribution is 5.28. The lowest BCUT2D eigenvalue weighted by molar-refractivity contribution is 0.168. The zero-order chi connectivity index (χ0) is 12.5. The summed E-state index contributed by atoms with van der Waals surface area (Å²) in [7, 11) is 0. The van der Waals surface area contributed by atoms with Gasteiger partial charge in [0.05, 0.1) is 0 Å². The number of aryl methyl sites for hydroxylation is 1. The number of hydrogen-bond donors (Lipinski definition) is 1. The molecule has 0 radical (unpaired) electrons. The summed E-state index contributed by atoms with van der Waals surface area (Å²) in [5, 5.41) is 0. The van der Waals surface area contributed by atoms with Crippen LogP contribution in [0.4, 0.5) is 4.39 Å². The van der Waals surface area contributed by atoms with Crippen molar-refractivity contribution in [1.82, 2.24) is 0 Å². The first kappa shape index (κ1) is 12.6. The molecule has 0 bridgehead atoms. The van der Waals surface area contributed by atoms with E-state index in [4.69, 9.17) is 5.73 Å². The largest absolute Gasteiger partial charge is 0.323 e. The van der Waals surface area contributed by atoms with Crippen molar-refractivity contribution in [2.75, 3.05) is 0 Å². The molecule has 1 unspecified atom stereocenters. The third-order valence-corrected chi connectivity index (χ3v) is 4.23. The molecule has 2 N–H and O–H groups in total. The van der Waals surface area contributed by atoms with Gasteiger partial charge in [-0.05, 0) is 31.2 Å². The summed E-state index contributed by atoms with van der Waals surface area (Å²) >= 11 is 0. The Hall–Kier alpha value is -0.890. The standard InChI is InChI=1S/C15H22FN/c1-11-6-7-13(16)12(10-11)14(17)15(2)8-4-3-5-9-15/h6-7,10,14H,3-5,8-9,17H2,1-2H3. The van der Waals surface area contributed by atoms with E-state index >= 15 is 0 Å². The van der Waals surface area contributed by atoms with E-state index in [2.05, 4.69) is 6.92 Å². The molecular formula is C15H22FN. The molecule has 1 saturated carbocycles. The average Bonchev–Trinajstić information content (AvgIpc) is 2.32. The lowest BCUT2D eigenvalue weighted by atomic mass is 9.69. The second kappa shape index (κ2) is 4.77. The second-order valence-electron chi connectivity index (χ2n) is 5.72. The molecule has 0 aliphatic heterocycles. The van der Waals surface area contributed by atoms with E-state index in [1.54, 1.807) is 6.07 Å². The molecule has 0 amide bonds. The van der Waals surface area contributed by atoms with Crippen LogP contribution in [-0.2, 0) is 0 Å². The van der Waals surface area contributed by atoms with Gasteiger partial charge in [-0.3, -0.25) is 0 Å². The first-order chi connectivity index (χ1) is 8.03. The van der Waals surface area contributed by atoms with Crippen LogP contribution in [0, 0.1) is 18.2 Å². The van der Waals surface area contributed by atoms with Crippen LogP contribution >= 0.6 is 0 Å². The monoisotopic (exact) mass is 235 g/mol. The van der Waals surface area contributed by atoms with Crippen molar-refractivity contribution in [2.24, 2.45) is 11.1 Å². The van der Waals surface area contributed by atoms with Gasteiger partial charge >= 0.3 is 0 Å². The van der Waals surface area contributed by atoms with Gasteiger partial charge in [0.2, 0.25) is 0 Å². The minimum absolute atomic E-state index is 0.0624. The topological polar surface area (TPSA) is 26.0 Å². The van der Waals surface area contributed by atoms with Crippen LogP contribution in [0.1, 0.15) is 56.2 Å². The lowest BCUT2D eigenvalue weighted by Crippen LogP contribution is -2.34. The Morgan fingerprint density at radius 1 is 1.24 bits per heavy atom. The lowest BCUT2D eigenvalue weighted by Gasteiger charge is -2.39. The SMILES string of the molecule is Cc1ccc(F)c(C(N)C2(C)CCCCC2)c1. The molecule has 2 rings (SSSR count). The zero-order valence-electron chi connectivity index (χ0n) is 10.8. The van der Waals surface area contributed by atoms with Crippen molar-refractivity contribution in [3.63, 3.8) is 0 Å². The van der Waals surface area contributed by atoms with Crippen molar-refractivity contribution in [2.45, 2.75) is 52.0 Å². The highest BCUT2D eigenvalue weighted by Crippen LogP contribution is 2.44. The van der Waals surface area contributed by atoms with Crippen LogP contribution in [0.15, 0.2) is 18.2 Å². The molecule has 1 aliphatic carbocycles. The molecule has 1 atom stereocenters. The maximum absolute atomic E-state index is 13.9. The summed E-state index contributed by atoms with van der Waals surface area (Å²) in [5.74, 6) is -0.158. The highest BCUT2D eigenvalue weighted by Gasteiger charge is 2.35. The van der Waals surface area contributed by atoms with Gasteiger partial charge in [0.15, 0.2) is 0 Å². The van der Waals surface area contributed by atoms with Crippen molar-refractivity contribution < 1.29 is 4.39 Å². The second-order valence-corrected chi connectivity index (χ2v) is 5.72. The van der Waals surface area contributed by atoms with Gasteiger partial charge in [-0.1, -0.05) is 43.9 Å². The molecule has 1 fully saturated rings. The maximum Gasteiger partial charge on any atom is 0.128 e. The normalized spacial score (nSPS) is 21.2. The molecule has 94 valence electrons. The van der Waals surface area contributed by atoms with Gasteiger partial charge in [0.25, 0.3) is 0 Å². The zero-order valence-corrected chi connectivity index (χ0v) is 10.8. The molecule has 1 aromatic rings. The van der Waals surface area contributed by atoms with Gasteiger partial charge in [0.1, 0.15) is 5.82 Å². The first-order valence-corrected chi connectivity index (χ1v) is 6.54. The highest BCUT2D eigenvalue weighted by atomic mass is 19.1. The van der Waals surface area contributed by atoms with E-state index < -0.39 is 0 Å². The molecule has 0 aromatic heterocycles. The fraction of sp³-hybridized carbons (Fsp3) is 0.600. The van der Waals surface area contributed by atoms with Crippen molar-refractivity contribution in [3.8, 4) is 0 Å². The Bertz CT molecular complexity index is 394. The van der Waals surface area contributed by atoms with Gasteiger partial charge in [0, 0.05) is 11.6 Å². The molecule has 0 spiro atoms. The Balaban J connectivity index is 2.29. The minimum atomic E-state index is -0.178. The molecule has 2 heteroatoms. The van der Waals surface area contributed by atoms with Gasteiger partial charge in [-0.2, -0.15) is 0 Å². The Morgan fingerprint density at radius 3 is 2.53 bits per heavy atom. The Labute approximate surface area is 103 Å². The molecule has 17 heavy (non-hydrogen) atoms. The van der Waals surface area contributed by atoms with E-state index in [1.165, 1.54) is 25.3 Å². The van der Waals surface area contributed by atoms with E-state index in [-0.39, 0.29) is 17.3 Å². The fourth-order valence-corrected chi connectivity index (χ4v) is 2.95. The molecule has 0 heterocycles. The van der Waals surface area contributed by atoms with E-state index in [0.29, 0.717) is 5.56 Å². The molecule has 0 saturated heterocycles. The van der Waals surface area contributed by atoms with Crippen LogP contribution in [0.2, 0.25) is 0 Å². The van der Waals surface area contributed by atoms with Crippen LogP contribution in [-0.4, -0.2) is 0 Å². The number of halogens is 1. The molecular weight excluding hydrogens is 213 g/mol. The smallest absolute Gasteiger partial charge is 0.128 e. The van der Waals surface area contributed by atoms with Crippen molar-refractivity contribution >= 4 is 0 Å². The number of rotatable bonds is 2. The average molecular weight is 235 g/mol. The van der Waals surface area contributed by atoms with Crippen molar-refractivity contribution in [1.29, 1.82) is 0 Å². The first-order valence-electron chi connectivity index (χ1n) is 6.54. The summed E-state index contributed by atoms with van der Waals surface area (Å²) < 4.78 is 13.9. The van der Waals surface area contributed by atoms with Crippen molar-refractivity contribution in [3.05, 3.63) is 35.1 Å². The van der Waals surface area contributed by atoms with Gasteiger partial charge < -0.3 is 5.73 Å². The minimum Gasteiger partial charge on any atom is -0.323 e. The summed E-state index contributed by atoms with van der Waals surface area (Å²) in [4.78, 5) is 0. The predicted octanol–water partition coefficient (Wildman–Crippen LogP) is 4.10. The quantitative estimate of drug-likeness (QED) is 0.820.